The van der Waals surface area contributed by atoms with Crippen LogP contribution < -0.4 is 9.47 Å². The summed E-state index contributed by atoms with van der Waals surface area (Å²) in [6, 6.07) is 9.30. The Morgan fingerprint density at radius 2 is 1.95 bits per heavy atom. The Balaban J connectivity index is 2.18. The summed E-state index contributed by atoms with van der Waals surface area (Å²) < 4.78 is 23.9. The van der Waals surface area contributed by atoms with Crippen LogP contribution in [0.1, 0.15) is 21.5 Å². The van der Waals surface area contributed by atoms with Gasteiger partial charge in [0.25, 0.3) is 0 Å². The van der Waals surface area contributed by atoms with E-state index < -0.39 is 11.8 Å². The fourth-order valence-electron chi connectivity index (χ4n) is 1.89. The van der Waals surface area contributed by atoms with Crippen LogP contribution in [0.15, 0.2) is 36.4 Å². The Morgan fingerprint density at radius 3 is 2.57 bits per heavy atom. The minimum atomic E-state index is -1.06. The average molecular weight is 290 g/mol. The van der Waals surface area contributed by atoms with Crippen LogP contribution in [0.4, 0.5) is 4.39 Å². The largest absolute Gasteiger partial charge is 0.494 e. The molecule has 110 valence electrons. The van der Waals surface area contributed by atoms with Gasteiger partial charge < -0.3 is 14.6 Å². The number of aromatic carboxylic acids is 1. The molecule has 0 aliphatic heterocycles. The highest BCUT2D eigenvalue weighted by Crippen LogP contribution is 2.23. The number of carboxylic acid groups (broad SMARTS) is 1. The quantitative estimate of drug-likeness (QED) is 0.916. The second-order valence-electron chi connectivity index (χ2n) is 4.56. The number of rotatable bonds is 5. The maximum absolute atomic E-state index is 13.6. The molecule has 0 heterocycles. The Kier molecular flexibility index (Phi) is 4.42. The molecular formula is C16H15FO4. The molecular weight excluding hydrogens is 275 g/mol. The van der Waals surface area contributed by atoms with Gasteiger partial charge in [0.2, 0.25) is 0 Å². The van der Waals surface area contributed by atoms with E-state index in [-0.39, 0.29) is 23.7 Å². The van der Waals surface area contributed by atoms with E-state index in [0.29, 0.717) is 5.56 Å². The molecule has 0 unspecified atom stereocenters. The summed E-state index contributed by atoms with van der Waals surface area (Å²) in [5.74, 6) is -1.13. The first-order chi connectivity index (χ1) is 10.0. The lowest BCUT2D eigenvalue weighted by Crippen LogP contribution is -2.04. The molecule has 5 heteroatoms. The molecule has 0 saturated heterocycles. The zero-order valence-electron chi connectivity index (χ0n) is 11.7. The monoisotopic (exact) mass is 290 g/mol. The summed E-state index contributed by atoms with van der Waals surface area (Å²) in [7, 11) is 1.39. The predicted octanol–water partition coefficient (Wildman–Crippen LogP) is 3.42. The van der Waals surface area contributed by atoms with Crippen LogP contribution in [-0.4, -0.2) is 18.2 Å². The summed E-state index contributed by atoms with van der Waals surface area (Å²) in [6.45, 7) is 1.91. The highest BCUT2D eigenvalue weighted by Gasteiger charge is 2.12. The van der Waals surface area contributed by atoms with E-state index >= 15 is 0 Å². The number of benzene rings is 2. The fraction of sp³-hybridized carbons (Fsp3) is 0.188. The standard InChI is InChI=1S/C16H15FO4/c1-10-3-5-12(16(18)19)15(7-10)21-9-11-4-6-14(20-2)13(17)8-11/h3-8H,9H2,1-2H3,(H,18,19). The number of methoxy groups -OCH3 is 1. The zero-order chi connectivity index (χ0) is 15.4. The molecule has 0 saturated carbocycles. The van der Waals surface area contributed by atoms with E-state index in [2.05, 4.69) is 0 Å². The summed E-state index contributed by atoms with van der Waals surface area (Å²) in [4.78, 5) is 11.1. The molecule has 21 heavy (non-hydrogen) atoms. The van der Waals surface area contributed by atoms with Crippen LogP contribution >= 0.6 is 0 Å². The normalized spacial score (nSPS) is 10.2. The molecule has 0 aromatic heterocycles. The minimum Gasteiger partial charge on any atom is -0.494 e. The summed E-state index contributed by atoms with van der Waals surface area (Å²) in [5.41, 5.74) is 1.55. The number of hydrogen-bond donors (Lipinski definition) is 1. The first-order valence-corrected chi connectivity index (χ1v) is 6.30. The number of aryl methyl sites for hydroxylation is 1. The molecule has 2 rings (SSSR count). The van der Waals surface area contributed by atoms with E-state index in [1.54, 1.807) is 18.2 Å². The molecule has 1 N–H and O–H groups in total. The van der Waals surface area contributed by atoms with Crippen molar-refractivity contribution < 1.29 is 23.8 Å². The van der Waals surface area contributed by atoms with Crippen LogP contribution in [-0.2, 0) is 6.61 Å². The van der Waals surface area contributed by atoms with Crippen molar-refractivity contribution in [3.05, 3.63) is 58.9 Å². The molecule has 0 aliphatic carbocycles. The number of ether oxygens (including phenoxy) is 2. The van der Waals surface area contributed by atoms with Gasteiger partial charge in [-0.05, 0) is 42.3 Å². The molecule has 0 spiro atoms. The maximum atomic E-state index is 13.6. The molecule has 0 amide bonds. The van der Waals surface area contributed by atoms with Crippen molar-refractivity contribution in [3.63, 3.8) is 0 Å². The van der Waals surface area contributed by atoms with Gasteiger partial charge in [-0.1, -0.05) is 12.1 Å². The van der Waals surface area contributed by atoms with Gasteiger partial charge in [-0.2, -0.15) is 0 Å². The van der Waals surface area contributed by atoms with Gasteiger partial charge in [0, 0.05) is 0 Å². The Hall–Kier alpha value is -2.56. The molecule has 0 aliphatic rings. The predicted molar refractivity (Wildman–Crippen MR) is 75.4 cm³/mol. The van der Waals surface area contributed by atoms with Crippen molar-refractivity contribution in [3.8, 4) is 11.5 Å². The van der Waals surface area contributed by atoms with Crippen LogP contribution in [0.25, 0.3) is 0 Å². The van der Waals surface area contributed by atoms with E-state index in [1.807, 2.05) is 6.92 Å². The zero-order valence-corrected chi connectivity index (χ0v) is 11.7. The van der Waals surface area contributed by atoms with Crippen molar-refractivity contribution >= 4 is 5.97 Å². The Morgan fingerprint density at radius 1 is 1.19 bits per heavy atom. The second-order valence-corrected chi connectivity index (χ2v) is 4.56. The topological polar surface area (TPSA) is 55.8 Å². The summed E-state index contributed by atoms with van der Waals surface area (Å²) in [6.07, 6.45) is 0. The van der Waals surface area contributed by atoms with Crippen molar-refractivity contribution in [1.29, 1.82) is 0 Å². The van der Waals surface area contributed by atoms with Crippen LogP contribution in [0.5, 0.6) is 11.5 Å². The third-order valence-corrected chi connectivity index (χ3v) is 2.98. The van der Waals surface area contributed by atoms with Gasteiger partial charge in [-0.3, -0.25) is 0 Å². The van der Waals surface area contributed by atoms with Crippen molar-refractivity contribution in [2.45, 2.75) is 13.5 Å². The van der Waals surface area contributed by atoms with Crippen LogP contribution in [0, 0.1) is 12.7 Å². The SMILES string of the molecule is COc1ccc(COc2cc(C)ccc2C(=O)O)cc1F. The van der Waals surface area contributed by atoms with Gasteiger partial charge in [-0.25, -0.2) is 9.18 Å². The molecule has 0 fully saturated rings. The third-order valence-electron chi connectivity index (χ3n) is 2.98. The lowest BCUT2D eigenvalue weighted by Gasteiger charge is -2.11. The van der Waals surface area contributed by atoms with E-state index in [0.717, 1.165) is 5.56 Å². The Bertz CT molecular complexity index is 667. The van der Waals surface area contributed by atoms with E-state index in [9.17, 15) is 9.18 Å². The lowest BCUT2D eigenvalue weighted by molar-refractivity contribution is 0.0691. The van der Waals surface area contributed by atoms with Gasteiger partial charge in [-0.15, -0.1) is 0 Å². The molecule has 0 bridgehead atoms. The first-order valence-electron chi connectivity index (χ1n) is 6.30. The van der Waals surface area contributed by atoms with Gasteiger partial charge in [0.1, 0.15) is 17.9 Å². The fourth-order valence-corrected chi connectivity index (χ4v) is 1.89. The van der Waals surface area contributed by atoms with Gasteiger partial charge in [0.15, 0.2) is 11.6 Å². The highest BCUT2D eigenvalue weighted by molar-refractivity contribution is 5.90. The molecule has 0 atom stereocenters. The van der Waals surface area contributed by atoms with E-state index in [4.69, 9.17) is 14.6 Å². The third kappa shape index (κ3) is 3.51. The highest BCUT2D eigenvalue weighted by atomic mass is 19.1. The summed E-state index contributed by atoms with van der Waals surface area (Å²) in [5, 5.41) is 9.11. The van der Waals surface area contributed by atoms with Gasteiger partial charge >= 0.3 is 5.97 Å². The van der Waals surface area contributed by atoms with Crippen molar-refractivity contribution in [1.82, 2.24) is 0 Å². The Labute approximate surface area is 121 Å². The number of halogens is 1. The summed E-state index contributed by atoms with van der Waals surface area (Å²) >= 11 is 0. The molecule has 2 aromatic carbocycles. The average Bonchev–Trinajstić information content (AvgIpc) is 2.45. The molecule has 2 aromatic rings. The smallest absolute Gasteiger partial charge is 0.339 e. The van der Waals surface area contributed by atoms with Crippen molar-refractivity contribution in [2.24, 2.45) is 0 Å². The minimum absolute atomic E-state index is 0.0741. The van der Waals surface area contributed by atoms with Crippen LogP contribution in [0.3, 0.4) is 0 Å². The van der Waals surface area contributed by atoms with Gasteiger partial charge in [0.05, 0.1) is 7.11 Å². The lowest BCUT2D eigenvalue weighted by atomic mass is 10.1. The first kappa shape index (κ1) is 14.8. The number of carboxylic acids is 1. The molecule has 0 radical (unpaired) electrons. The maximum Gasteiger partial charge on any atom is 0.339 e. The molecule has 4 nitrogen and oxygen atoms in total. The number of hydrogen-bond acceptors (Lipinski definition) is 3. The second kappa shape index (κ2) is 6.26. The van der Waals surface area contributed by atoms with Crippen molar-refractivity contribution in [2.75, 3.05) is 7.11 Å². The van der Waals surface area contributed by atoms with E-state index in [1.165, 1.54) is 25.3 Å². The number of carbonyl (C=O) groups is 1. The van der Waals surface area contributed by atoms with Crippen LogP contribution in [0.2, 0.25) is 0 Å².